The Balaban J connectivity index is 0.00000220. The number of ether oxygens (including phenoxy) is 1. The molecule has 0 aliphatic heterocycles. The Morgan fingerprint density at radius 1 is 1.48 bits per heavy atom. The second-order valence-corrected chi connectivity index (χ2v) is 4.83. The molecule has 0 saturated carbocycles. The van der Waals surface area contributed by atoms with Crippen LogP contribution in [0.5, 0.6) is 5.75 Å². The smallest absolute Gasteiger partial charge is 0.197 e. The van der Waals surface area contributed by atoms with Crippen LogP contribution in [0, 0.1) is 13.0 Å². The number of hydrogen-bond acceptors (Lipinski definition) is 2. The molecule has 0 fully saturated rings. The van der Waals surface area contributed by atoms with E-state index < -0.39 is 0 Å². The number of aryl methyl sites for hydroxylation is 1. The zero-order valence-electron chi connectivity index (χ0n) is 12.0. The van der Waals surface area contributed by atoms with Gasteiger partial charge in [-0.15, -0.1) is 6.07 Å². The predicted molar refractivity (Wildman–Crippen MR) is 81.4 cm³/mol. The van der Waals surface area contributed by atoms with Gasteiger partial charge in [0.2, 0.25) is 0 Å². The third-order valence-electron chi connectivity index (χ3n) is 2.97. The van der Waals surface area contributed by atoms with Gasteiger partial charge in [-0.25, -0.2) is 0 Å². The van der Waals surface area contributed by atoms with Crippen molar-refractivity contribution in [2.75, 3.05) is 6.61 Å². The molecule has 0 atom stereocenters. The van der Waals surface area contributed by atoms with Gasteiger partial charge < -0.3 is 9.30 Å². The van der Waals surface area contributed by atoms with Crippen molar-refractivity contribution < 1.29 is 37.4 Å². The first-order valence-electron chi connectivity index (χ1n) is 6.16. The maximum Gasteiger partial charge on any atom is 0.197 e. The molecule has 0 spiro atoms. The van der Waals surface area contributed by atoms with Gasteiger partial charge >= 0.3 is 0 Å². The molecule has 2 aromatic rings. The van der Waals surface area contributed by atoms with Gasteiger partial charge in [-0.2, -0.15) is 12.1 Å². The summed E-state index contributed by atoms with van der Waals surface area (Å²) in [6.45, 7) is 5.77. The average Bonchev–Trinajstić information content (AvgIpc) is 2.44. The molecular weight excluding hydrogens is 363 g/mol. The summed E-state index contributed by atoms with van der Waals surface area (Å²) in [7, 11) is 1.71. The summed E-state index contributed by atoms with van der Waals surface area (Å²) in [6, 6.07) is 10.1. The van der Waals surface area contributed by atoms with Gasteiger partial charge in [-0.1, -0.05) is 48.0 Å². The van der Waals surface area contributed by atoms with Crippen molar-refractivity contribution in [2.24, 2.45) is 7.05 Å². The van der Waals surface area contributed by atoms with Crippen LogP contribution in [0.2, 0.25) is 5.02 Å². The summed E-state index contributed by atoms with van der Waals surface area (Å²) in [5.74, 6) is 0.663. The van der Waals surface area contributed by atoms with Crippen LogP contribution in [-0.2, 0) is 39.8 Å². The van der Waals surface area contributed by atoms with Crippen molar-refractivity contribution in [1.29, 1.82) is 0 Å². The summed E-state index contributed by atoms with van der Waals surface area (Å²) >= 11 is 6.27. The van der Waals surface area contributed by atoms with E-state index in [-0.39, 0.29) is 38.3 Å². The van der Waals surface area contributed by atoms with Crippen LogP contribution in [0.15, 0.2) is 41.7 Å². The van der Waals surface area contributed by atoms with Crippen LogP contribution >= 0.6 is 11.6 Å². The van der Waals surface area contributed by atoms with E-state index in [0.717, 1.165) is 5.56 Å². The molecule has 1 radical (unpaired) electrons. The zero-order valence-corrected chi connectivity index (χ0v) is 15.6. The Kier molecular flexibility index (Phi) is 6.85. The second-order valence-electron chi connectivity index (χ2n) is 4.43. The number of pyridine rings is 1. The molecule has 1 aromatic heterocycles. The summed E-state index contributed by atoms with van der Waals surface area (Å²) in [6.07, 6.45) is 1.67. The molecule has 0 bridgehead atoms. The fraction of sp³-hybridized carbons (Fsp3) is 0.188. The van der Waals surface area contributed by atoms with E-state index in [2.05, 4.69) is 12.6 Å². The topological polar surface area (TPSA) is 31.2 Å². The van der Waals surface area contributed by atoms with Crippen molar-refractivity contribution in [3.05, 3.63) is 63.9 Å². The number of hydrogen-bond donors (Lipinski definition) is 0. The first-order chi connectivity index (χ1) is 9.54. The second kappa shape index (κ2) is 7.93. The maximum absolute atomic E-state index is 11.9. The third-order valence-corrected chi connectivity index (χ3v) is 3.28. The number of aromatic nitrogens is 1. The molecule has 2 rings (SSSR count). The summed E-state index contributed by atoms with van der Waals surface area (Å²) in [4.78, 5) is 11.9. The minimum absolute atomic E-state index is 0. The Bertz CT molecular complexity index is 710. The van der Waals surface area contributed by atoms with Crippen molar-refractivity contribution in [3.63, 3.8) is 0 Å². The van der Waals surface area contributed by atoms with Crippen LogP contribution in [0.25, 0.3) is 11.3 Å². The van der Waals surface area contributed by atoms with Gasteiger partial charge in [-0.3, -0.25) is 4.79 Å². The molecule has 3 nitrogen and oxygen atoms in total. The standard InChI is InChI=1S/C16H15ClNO2.Y/c1-4-9-20-12-6-7-13(14(17)10-12)15-8-5-11(2)16(19)18(15)3;/h4-7,10H,1,9H2,2-3H3;/q-1;. The van der Waals surface area contributed by atoms with E-state index in [1.54, 1.807) is 36.7 Å². The quantitative estimate of drug-likeness (QED) is 0.604. The Morgan fingerprint density at radius 3 is 2.81 bits per heavy atom. The Morgan fingerprint density at radius 2 is 2.19 bits per heavy atom. The molecule has 0 N–H and O–H groups in total. The molecule has 1 aromatic carbocycles. The van der Waals surface area contributed by atoms with E-state index in [4.69, 9.17) is 16.3 Å². The van der Waals surface area contributed by atoms with Gasteiger partial charge in [0.15, 0.2) is 5.56 Å². The van der Waals surface area contributed by atoms with Gasteiger partial charge in [0.1, 0.15) is 12.4 Å². The van der Waals surface area contributed by atoms with Crippen LogP contribution in [0.1, 0.15) is 5.56 Å². The van der Waals surface area contributed by atoms with Gasteiger partial charge in [0.25, 0.3) is 0 Å². The predicted octanol–water partition coefficient (Wildman–Crippen LogP) is 3.38. The Hall–Kier alpha value is -0.896. The molecule has 0 unspecified atom stereocenters. The van der Waals surface area contributed by atoms with Gasteiger partial charge in [0, 0.05) is 39.8 Å². The van der Waals surface area contributed by atoms with Crippen molar-refractivity contribution in [2.45, 2.75) is 6.92 Å². The Labute approximate surface area is 154 Å². The molecular formula is C16H15ClNO2Y-. The molecule has 5 heteroatoms. The SMILES string of the molecule is C=CCOc1ccc(-c2[c-]cc(C)c(=O)n2C)c(Cl)c1.[Y]. The van der Waals surface area contributed by atoms with Crippen molar-refractivity contribution in [1.82, 2.24) is 4.57 Å². The van der Waals surface area contributed by atoms with E-state index in [1.807, 2.05) is 12.1 Å². The van der Waals surface area contributed by atoms with Gasteiger partial charge in [-0.05, 0) is 17.2 Å². The van der Waals surface area contributed by atoms with E-state index in [1.165, 1.54) is 0 Å². The van der Waals surface area contributed by atoms with Crippen LogP contribution in [0.3, 0.4) is 0 Å². The monoisotopic (exact) mass is 377 g/mol. The summed E-state index contributed by atoms with van der Waals surface area (Å²) in [5.41, 5.74) is 2.00. The molecule has 0 aliphatic rings. The van der Waals surface area contributed by atoms with E-state index in [0.29, 0.717) is 28.6 Å². The first kappa shape index (κ1) is 18.2. The number of benzene rings is 1. The fourth-order valence-corrected chi connectivity index (χ4v) is 2.15. The molecule has 0 saturated heterocycles. The maximum atomic E-state index is 11.9. The number of rotatable bonds is 4. The molecule has 0 aliphatic carbocycles. The van der Waals surface area contributed by atoms with Gasteiger partial charge in [0.05, 0.1) is 0 Å². The normalized spacial score (nSPS) is 9.86. The van der Waals surface area contributed by atoms with E-state index >= 15 is 0 Å². The summed E-state index contributed by atoms with van der Waals surface area (Å²) in [5, 5.41) is 0.515. The minimum Gasteiger partial charge on any atom is -0.490 e. The first-order valence-corrected chi connectivity index (χ1v) is 6.54. The fourth-order valence-electron chi connectivity index (χ4n) is 1.89. The largest absolute Gasteiger partial charge is 0.490 e. The van der Waals surface area contributed by atoms with Crippen LogP contribution < -0.4 is 10.3 Å². The number of halogens is 1. The molecule has 0 amide bonds. The molecule has 107 valence electrons. The zero-order chi connectivity index (χ0) is 14.7. The summed E-state index contributed by atoms with van der Waals surface area (Å²) < 4.78 is 6.96. The van der Waals surface area contributed by atoms with Crippen molar-refractivity contribution in [3.8, 4) is 17.0 Å². The molecule has 21 heavy (non-hydrogen) atoms. The minimum atomic E-state index is -0.0539. The average molecular weight is 378 g/mol. The molecule has 1 heterocycles. The van der Waals surface area contributed by atoms with Crippen LogP contribution in [0.4, 0.5) is 0 Å². The third kappa shape index (κ3) is 4.06. The van der Waals surface area contributed by atoms with Crippen LogP contribution in [-0.4, -0.2) is 11.2 Å². The van der Waals surface area contributed by atoms with Crippen molar-refractivity contribution >= 4 is 11.6 Å². The van der Waals surface area contributed by atoms with E-state index in [9.17, 15) is 4.79 Å². The number of nitrogens with zero attached hydrogens (tertiary/aromatic N) is 1.